The Bertz CT molecular complexity index is 433. The summed E-state index contributed by atoms with van der Waals surface area (Å²) in [5.74, 6) is 2.12. The zero-order valence-corrected chi connectivity index (χ0v) is 12.4. The largest absolute Gasteiger partial charge is 0.473 e. The molecule has 4 fully saturated rings. The molecule has 0 unspecified atom stereocenters. The van der Waals surface area contributed by atoms with E-state index in [1.165, 1.54) is 51.4 Å². The van der Waals surface area contributed by atoms with E-state index < -0.39 is 0 Å². The number of hydrogen-bond donors (Lipinski definition) is 0. The predicted molar refractivity (Wildman–Crippen MR) is 74.5 cm³/mol. The van der Waals surface area contributed by atoms with Crippen LogP contribution in [0.3, 0.4) is 0 Å². The van der Waals surface area contributed by atoms with Gasteiger partial charge in [0.05, 0.1) is 11.1 Å². The fraction of sp³-hybridized carbons (Fsp3) is 0.875. The van der Waals surface area contributed by atoms with Crippen LogP contribution >= 0.6 is 0 Å². The van der Waals surface area contributed by atoms with Crippen molar-refractivity contribution in [3.05, 3.63) is 11.8 Å². The fourth-order valence-electron chi connectivity index (χ4n) is 5.53. The van der Waals surface area contributed by atoms with Crippen LogP contribution in [0.5, 0.6) is 0 Å². The van der Waals surface area contributed by atoms with Crippen molar-refractivity contribution in [1.29, 1.82) is 0 Å². The average molecular weight is 276 g/mol. The normalized spacial score (nSPS) is 33.2. The maximum atomic E-state index is 6.14. The first kappa shape index (κ1) is 11.6. The molecule has 110 valence electrons. The lowest BCUT2D eigenvalue weighted by atomic mass is 9.95. The van der Waals surface area contributed by atoms with Gasteiger partial charge < -0.3 is 19.3 Å². The molecule has 3 heterocycles. The molecule has 5 aliphatic rings. The monoisotopic (exact) mass is 276 g/mol. The molecular weight excluding hydrogens is 252 g/mol. The topological polar surface area (TPSA) is 24.9 Å². The minimum atomic E-state index is 0.273. The van der Waals surface area contributed by atoms with E-state index in [0.29, 0.717) is 6.17 Å². The SMILES string of the molecule is CC1N2C(=C3OCC4(CCCC4)N31)OCC21CCCC1. The van der Waals surface area contributed by atoms with E-state index in [9.17, 15) is 0 Å². The Kier molecular flexibility index (Phi) is 2.07. The smallest absolute Gasteiger partial charge is 0.254 e. The van der Waals surface area contributed by atoms with Crippen molar-refractivity contribution in [3.8, 4) is 0 Å². The molecule has 0 aromatic rings. The van der Waals surface area contributed by atoms with Gasteiger partial charge in [-0.15, -0.1) is 0 Å². The van der Waals surface area contributed by atoms with Gasteiger partial charge in [-0.1, -0.05) is 25.7 Å². The number of rotatable bonds is 0. The van der Waals surface area contributed by atoms with Crippen LogP contribution in [-0.2, 0) is 9.47 Å². The molecule has 20 heavy (non-hydrogen) atoms. The van der Waals surface area contributed by atoms with Gasteiger partial charge in [-0.2, -0.15) is 0 Å². The van der Waals surface area contributed by atoms with Gasteiger partial charge in [-0.05, 0) is 32.6 Å². The van der Waals surface area contributed by atoms with Crippen molar-refractivity contribution in [3.63, 3.8) is 0 Å². The summed E-state index contributed by atoms with van der Waals surface area (Å²) in [6.07, 6.45) is 11.0. The predicted octanol–water partition coefficient (Wildman–Crippen LogP) is 2.76. The van der Waals surface area contributed by atoms with Crippen molar-refractivity contribution in [2.75, 3.05) is 13.2 Å². The second kappa shape index (κ2) is 3.58. The van der Waals surface area contributed by atoms with Crippen molar-refractivity contribution in [1.82, 2.24) is 9.80 Å². The molecule has 4 heteroatoms. The lowest BCUT2D eigenvalue weighted by molar-refractivity contribution is 0.0286. The third-order valence-corrected chi connectivity index (χ3v) is 6.41. The number of nitrogens with zero attached hydrogens (tertiary/aromatic N) is 2. The van der Waals surface area contributed by atoms with Gasteiger partial charge >= 0.3 is 0 Å². The van der Waals surface area contributed by atoms with Crippen LogP contribution in [0.15, 0.2) is 11.8 Å². The molecule has 0 N–H and O–H groups in total. The Morgan fingerprint density at radius 2 is 1.20 bits per heavy atom. The summed E-state index contributed by atoms with van der Waals surface area (Å²) in [6, 6.07) is 0. The summed E-state index contributed by atoms with van der Waals surface area (Å²) in [6.45, 7) is 4.11. The van der Waals surface area contributed by atoms with E-state index in [2.05, 4.69) is 16.7 Å². The summed E-state index contributed by atoms with van der Waals surface area (Å²) in [5.41, 5.74) is 0.546. The molecule has 2 saturated heterocycles. The van der Waals surface area contributed by atoms with E-state index in [-0.39, 0.29) is 11.1 Å². The van der Waals surface area contributed by atoms with E-state index in [4.69, 9.17) is 9.47 Å². The molecule has 5 rings (SSSR count). The Morgan fingerprint density at radius 1 is 0.800 bits per heavy atom. The zero-order valence-electron chi connectivity index (χ0n) is 12.4. The second-order valence-corrected chi connectivity index (χ2v) is 7.42. The quantitative estimate of drug-likeness (QED) is 0.679. The summed E-state index contributed by atoms with van der Waals surface area (Å²) in [4.78, 5) is 5.16. The van der Waals surface area contributed by atoms with Crippen molar-refractivity contribution < 1.29 is 9.47 Å². The van der Waals surface area contributed by atoms with Crippen molar-refractivity contribution in [2.45, 2.75) is 75.5 Å². The maximum absolute atomic E-state index is 6.14. The second-order valence-electron chi connectivity index (χ2n) is 7.42. The van der Waals surface area contributed by atoms with Gasteiger partial charge in [0.1, 0.15) is 19.4 Å². The molecule has 2 spiro atoms. The molecule has 2 saturated carbocycles. The van der Waals surface area contributed by atoms with Gasteiger partial charge in [-0.3, -0.25) is 0 Å². The van der Waals surface area contributed by atoms with Gasteiger partial charge in [-0.25, -0.2) is 0 Å². The molecule has 0 amide bonds. The molecule has 0 atom stereocenters. The molecule has 0 radical (unpaired) electrons. The van der Waals surface area contributed by atoms with Gasteiger partial charge in [0.15, 0.2) is 0 Å². The molecule has 0 bridgehead atoms. The Hall–Kier alpha value is -1.06. The van der Waals surface area contributed by atoms with Crippen LogP contribution in [0.25, 0.3) is 0 Å². The van der Waals surface area contributed by atoms with Crippen LogP contribution in [-0.4, -0.2) is 40.3 Å². The standard InChI is InChI=1S/C16H24N2O2/c1-12-17-13(19-10-15(17)6-2-3-7-15)14-18(12)16(11-20-14)8-4-5-9-16/h12H,2-11H2,1H3. The van der Waals surface area contributed by atoms with E-state index in [1.807, 2.05) is 0 Å². The van der Waals surface area contributed by atoms with Crippen LogP contribution < -0.4 is 0 Å². The number of ether oxygens (including phenoxy) is 2. The molecular formula is C16H24N2O2. The van der Waals surface area contributed by atoms with Crippen LogP contribution in [0.1, 0.15) is 58.3 Å². The minimum absolute atomic E-state index is 0.273. The maximum Gasteiger partial charge on any atom is 0.254 e. The van der Waals surface area contributed by atoms with Gasteiger partial charge in [0.25, 0.3) is 11.8 Å². The van der Waals surface area contributed by atoms with Gasteiger partial charge in [0, 0.05) is 0 Å². The highest BCUT2D eigenvalue weighted by molar-refractivity contribution is 5.26. The first-order chi connectivity index (χ1) is 9.76. The van der Waals surface area contributed by atoms with Crippen molar-refractivity contribution >= 4 is 0 Å². The third kappa shape index (κ3) is 1.16. The van der Waals surface area contributed by atoms with E-state index >= 15 is 0 Å². The van der Waals surface area contributed by atoms with Crippen molar-refractivity contribution in [2.24, 2.45) is 0 Å². The minimum Gasteiger partial charge on any atom is -0.473 e. The molecule has 0 aromatic carbocycles. The summed E-state index contributed by atoms with van der Waals surface area (Å²) in [5, 5.41) is 0. The molecule has 2 aliphatic carbocycles. The van der Waals surface area contributed by atoms with Crippen LogP contribution in [0.2, 0.25) is 0 Å². The lowest BCUT2D eigenvalue weighted by Gasteiger charge is -2.42. The van der Waals surface area contributed by atoms with E-state index in [0.717, 1.165) is 25.0 Å². The highest BCUT2D eigenvalue weighted by Gasteiger charge is 2.62. The number of fused-ring (bicyclic) bond motifs is 4. The summed E-state index contributed by atoms with van der Waals surface area (Å²) in [7, 11) is 0. The fourth-order valence-corrected chi connectivity index (χ4v) is 5.53. The van der Waals surface area contributed by atoms with E-state index in [1.54, 1.807) is 0 Å². The molecule has 0 aromatic heterocycles. The van der Waals surface area contributed by atoms with Crippen LogP contribution in [0.4, 0.5) is 0 Å². The zero-order chi connectivity index (χ0) is 13.4. The summed E-state index contributed by atoms with van der Waals surface area (Å²) < 4.78 is 12.3. The Balaban J connectivity index is 1.57. The van der Waals surface area contributed by atoms with Gasteiger partial charge in [0.2, 0.25) is 0 Å². The first-order valence-electron chi connectivity index (χ1n) is 8.35. The molecule has 3 aliphatic heterocycles. The Labute approximate surface area is 120 Å². The molecule has 4 nitrogen and oxygen atoms in total. The lowest BCUT2D eigenvalue weighted by Crippen LogP contribution is -2.55. The van der Waals surface area contributed by atoms with Crippen LogP contribution in [0, 0.1) is 0 Å². The third-order valence-electron chi connectivity index (χ3n) is 6.41. The average Bonchev–Trinajstić information content (AvgIpc) is 3.22. The summed E-state index contributed by atoms with van der Waals surface area (Å²) >= 11 is 0. The first-order valence-corrected chi connectivity index (χ1v) is 8.35. The Morgan fingerprint density at radius 3 is 1.60 bits per heavy atom. The number of hydrogen-bond acceptors (Lipinski definition) is 4. The highest BCUT2D eigenvalue weighted by atomic mass is 16.6. The highest BCUT2D eigenvalue weighted by Crippen LogP contribution is 2.55.